The van der Waals surface area contributed by atoms with E-state index in [1.54, 1.807) is 6.20 Å². The number of pyridine rings is 1. The molecule has 0 radical (unpaired) electrons. The lowest BCUT2D eigenvalue weighted by Gasteiger charge is -2.29. The summed E-state index contributed by atoms with van der Waals surface area (Å²) in [5.41, 5.74) is 1.08. The maximum Gasteiger partial charge on any atom is 0.176 e. The average molecular weight is 270 g/mol. The lowest BCUT2D eigenvalue weighted by atomic mass is 9.84. The molecule has 0 unspecified atom stereocenters. The molecule has 0 aliphatic heterocycles. The monoisotopic (exact) mass is 270 g/mol. The van der Waals surface area contributed by atoms with Gasteiger partial charge in [-0.2, -0.15) is 5.10 Å². The van der Waals surface area contributed by atoms with Crippen molar-refractivity contribution in [2.24, 2.45) is 5.92 Å². The number of aromatic nitrogens is 3. The van der Waals surface area contributed by atoms with E-state index in [2.05, 4.69) is 28.4 Å². The molecule has 2 aromatic rings. The Bertz CT molecular complexity index is 527. The maximum atomic E-state index is 4.46. The number of anilines is 1. The molecular weight excluding hydrogens is 248 g/mol. The normalized spacial score (nSPS) is 22.6. The fourth-order valence-electron chi connectivity index (χ4n) is 3.02. The second kappa shape index (κ2) is 6.07. The highest BCUT2D eigenvalue weighted by Crippen LogP contribution is 2.29. The fourth-order valence-corrected chi connectivity index (χ4v) is 3.02. The van der Waals surface area contributed by atoms with E-state index in [1.165, 1.54) is 32.1 Å². The minimum absolute atomic E-state index is 0.566. The Morgan fingerprint density at radius 1 is 1.20 bits per heavy atom. The fraction of sp³-hybridized carbons (Fsp3) is 0.500. The Hall–Kier alpha value is -1.84. The van der Waals surface area contributed by atoms with Crippen LogP contribution in [0.5, 0.6) is 0 Å². The summed E-state index contributed by atoms with van der Waals surface area (Å²) in [6.45, 7) is 2.30. The number of hydrogen-bond acceptors (Lipinski definition) is 3. The highest BCUT2D eigenvalue weighted by molar-refractivity contribution is 5.56. The summed E-state index contributed by atoms with van der Waals surface area (Å²) in [6.07, 6.45) is 12.0. The number of nitrogens with zero attached hydrogens (tertiary/aromatic N) is 3. The number of hydrogen-bond donors (Lipinski definition) is 1. The van der Waals surface area contributed by atoms with Crippen LogP contribution in [0.4, 0.5) is 5.69 Å². The molecule has 0 spiro atoms. The summed E-state index contributed by atoms with van der Waals surface area (Å²) >= 11 is 0. The zero-order valence-electron chi connectivity index (χ0n) is 12.0. The first-order chi connectivity index (χ1) is 9.86. The molecule has 3 rings (SSSR count). The van der Waals surface area contributed by atoms with Crippen molar-refractivity contribution in [3.8, 4) is 5.82 Å². The van der Waals surface area contributed by atoms with Gasteiger partial charge in [0.1, 0.15) is 0 Å². The van der Waals surface area contributed by atoms with Crippen LogP contribution in [0.2, 0.25) is 0 Å². The first kappa shape index (κ1) is 13.2. The molecule has 4 heteroatoms. The SMILES string of the molecule is CCC1CCC(Nc2cccnc2-n2cccn2)CC1. The van der Waals surface area contributed by atoms with Crippen molar-refractivity contribution in [2.75, 3.05) is 5.32 Å². The van der Waals surface area contributed by atoms with Crippen LogP contribution in [0.15, 0.2) is 36.8 Å². The van der Waals surface area contributed by atoms with Gasteiger partial charge in [0.2, 0.25) is 0 Å². The molecule has 0 saturated heterocycles. The molecule has 1 N–H and O–H groups in total. The molecule has 106 valence electrons. The van der Waals surface area contributed by atoms with Gasteiger partial charge in [0.05, 0.1) is 5.69 Å². The third kappa shape index (κ3) is 2.84. The Labute approximate surface area is 120 Å². The van der Waals surface area contributed by atoms with Gasteiger partial charge in [-0.25, -0.2) is 9.67 Å². The topological polar surface area (TPSA) is 42.7 Å². The van der Waals surface area contributed by atoms with Gasteiger partial charge in [-0.1, -0.05) is 13.3 Å². The van der Waals surface area contributed by atoms with E-state index in [9.17, 15) is 0 Å². The van der Waals surface area contributed by atoms with Gasteiger partial charge in [0, 0.05) is 24.6 Å². The van der Waals surface area contributed by atoms with Crippen molar-refractivity contribution < 1.29 is 0 Å². The molecule has 2 heterocycles. The molecule has 1 aliphatic rings. The van der Waals surface area contributed by atoms with Gasteiger partial charge in [-0.05, 0) is 49.8 Å². The predicted octanol–water partition coefficient (Wildman–Crippen LogP) is 3.65. The second-order valence-electron chi connectivity index (χ2n) is 5.60. The average Bonchev–Trinajstić information content (AvgIpc) is 3.03. The second-order valence-corrected chi connectivity index (χ2v) is 5.60. The molecule has 0 bridgehead atoms. The largest absolute Gasteiger partial charge is 0.379 e. The van der Waals surface area contributed by atoms with Gasteiger partial charge < -0.3 is 5.32 Å². The highest BCUT2D eigenvalue weighted by atomic mass is 15.3. The minimum atomic E-state index is 0.566. The molecular formula is C16H22N4. The first-order valence-corrected chi connectivity index (χ1v) is 7.58. The van der Waals surface area contributed by atoms with E-state index in [0.29, 0.717) is 6.04 Å². The molecule has 1 saturated carbocycles. The Morgan fingerprint density at radius 2 is 2.05 bits per heavy atom. The van der Waals surface area contributed by atoms with E-state index < -0.39 is 0 Å². The van der Waals surface area contributed by atoms with Crippen LogP contribution < -0.4 is 5.32 Å². The lowest BCUT2D eigenvalue weighted by Crippen LogP contribution is -2.26. The van der Waals surface area contributed by atoms with Crippen molar-refractivity contribution >= 4 is 5.69 Å². The predicted molar refractivity (Wildman–Crippen MR) is 81.0 cm³/mol. The smallest absolute Gasteiger partial charge is 0.176 e. The van der Waals surface area contributed by atoms with Crippen LogP contribution in [0, 0.1) is 5.92 Å². The van der Waals surface area contributed by atoms with E-state index in [0.717, 1.165) is 17.4 Å². The Balaban J connectivity index is 1.72. The third-order valence-corrected chi connectivity index (χ3v) is 4.29. The van der Waals surface area contributed by atoms with Crippen molar-refractivity contribution in [1.82, 2.24) is 14.8 Å². The maximum absolute atomic E-state index is 4.46. The van der Waals surface area contributed by atoms with Gasteiger partial charge in [0.25, 0.3) is 0 Å². The minimum Gasteiger partial charge on any atom is -0.379 e. The molecule has 2 aromatic heterocycles. The summed E-state index contributed by atoms with van der Waals surface area (Å²) in [6, 6.07) is 6.56. The van der Waals surface area contributed by atoms with Crippen molar-refractivity contribution in [3.05, 3.63) is 36.8 Å². The van der Waals surface area contributed by atoms with E-state index >= 15 is 0 Å². The third-order valence-electron chi connectivity index (χ3n) is 4.29. The molecule has 1 fully saturated rings. The van der Waals surface area contributed by atoms with Crippen molar-refractivity contribution in [2.45, 2.75) is 45.1 Å². The molecule has 4 nitrogen and oxygen atoms in total. The molecule has 20 heavy (non-hydrogen) atoms. The van der Waals surface area contributed by atoms with Gasteiger partial charge in [-0.3, -0.25) is 0 Å². The summed E-state index contributed by atoms with van der Waals surface area (Å²) in [7, 11) is 0. The molecule has 0 aromatic carbocycles. The zero-order valence-corrected chi connectivity index (χ0v) is 12.0. The molecule has 0 atom stereocenters. The first-order valence-electron chi connectivity index (χ1n) is 7.58. The van der Waals surface area contributed by atoms with Crippen molar-refractivity contribution in [1.29, 1.82) is 0 Å². The van der Waals surface area contributed by atoms with Gasteiger partial charge >= 0.3 is 0 Å². The van der Waals surface area contributed by atoms with Crippen LogP contribution >= 0.6 is 0 Å². The molecule has 1 aliphatic carbocycles. The molecule has 0 amide bonds. The Morgan fingerprint density at radius 3 is 2.75 bits per heavy atom. The summed E-state index contributed by atoms with van der Waals surface area (Å²) in [4.78, 5) is 4.46. The summed E-state index contributed by atoms with van der Waals surface area (Å²) in [5.74, 6) is 1.81. The summed E-state index contributed by atoms with van der Waals surface area (Å²) < 4.78 is 1.82. The number of nitrogens with one attached hydrogen (secondary N) is 1. The van der Waals surface area contributed by atoms with Crippen LogP contribution in [0.1, 0.15) is 39.0 Å². The van der Waals surface area contributed by atoms with Crippen LogP contribution in [0.3, 0.4) is 0 Å². The van der Waals surface area contributed by atoms with Crippen molar-refractivity contribution in [3.63, 3.8) is 0 Å². The van der Waals surface area contributed by atoms with Gasteiger partial charge in [-0.15, -0.1) is 0 Å². The van der Waals surface area contributed by atoms with Crippen LogP contribution in [-0.4, -0.2) is 20.8 Å². The van der Waals surface area contributed by atoms with Gasteiger partial charge in [0.15, 0.2) is 5.82 Å². The quantitative estimate of drug-likeness (QED) is 0.922. The van der Waals surface area contributed by atoms with Crippen LogP contribution in [0.25, 0.3) is 5.82 Å². The van der Waals surface area contributed by atoms with E-state index in [1.807, 2.05) is 29.2 Å². The zero-order chi connectivity index (χ0) is 13.8. The summed E-state index contributed by atoms with van der Waals surface area (Å²) in [5, 5.41) is 7.94. The van der Waals surface area contributed by atoms with Crippen LogP contribution in [-0.2, 0) is 0 Å². The van der Waals surface area contributed by atoms with E-state index in [-0.39, 0.29) is 0 Å². The number of rotatable bonds is 4. The standard InChI is InChI=1S/C16H22N4/c1-2-13-6-8-14(9-7-13)19-15-5-3-10-17-16(15)20-12-4-11-18-20/h3-5,10-14,19H,2,6-9H2,1H3. The highest BCUT2D eigenvalue weighted by Gasteiger charge is 2.20. The Kier molecular flexibility index (Phi) is 4.00. The van der Waals surface area contributed by atoms with E-state index in [4.69, 9.17) is 0 Å². The lowest BCUT2D eigenvalue weighted by molar-refractivity contribution is 0.330.